The van der Waals surface area contributed by atoms with Crippen LogP contribution in [0.1, 0.15) is 45.2 Å². The number of hydrogen-bond acceptors (Lipinski definition) is 7. The number of benzene rings is 1. The van der Waals surface area contributed by atoms with Crippen molar-refractivity contribution in [3.8, 4) is 22.8 Å². The van der Waals surface area contributed by atoms with E-state index >= 15 is 0 Å². The van der Waals surface area contributed by atoms with Gasteiger partial charge < -0.3 is 19.1 Å². The summed E-state index contributed by atoms with van der Waals surface area (Å²) in [5.74, 6) is 0.808. The number of likely N-dealkylation sites (tertiary alicyclic amines) is 1. The highest BCUT2D eigenvalue weighted by Gasteiger charge is 2.29. The van der Waals surface area contributed by atoms with Gasteiger partial charge in [-0.15, -0.1) is 0 Å². The molecule has 5 rings (SSSR count). The van der Waals surface area contributed by atoms with E-state index in [9.17, 15) is 9.59 Å². The Bertz CT molecular complexity index is 1370. The Morgan fingerprint density at radius 1 is 1.18 bits per heavy atom. The summed E-state index contributed by atoms with van der Waals surface area (Å²) in [6.07, 6.45) is 2.71. The van der Waals surface area contributed by atoms with Crippen molar-refractivity contribution >= 4 is 11.7 Å². The second kappa shape index (κ2) is 8.44. The number of carbonyl (C=O) groups is 1. The van der Waals surface area contributed by atoms with Crippen molar-refractivity contribution in [2.24, 2.45) is 0 Å². The molecule has 1 saturated heterocycles. The molecule has 4 aromatic rings. The molecule has 34 heavy (non-hydrogen) atoms. The molecule has 0 saturated carbocycles. The van der Waals surface area contributed by atoms with Gasteiger partial charge in [-0.3, -0.25) is 4.79 Å². The van der Waals surface area contributed by atoms with Gasteiger partial charge in [0.2, 0.25) is 5.82 Å². The Labute approximate surface area is 195 Å². The van der Waals surface area contributed by atoms with Crippen LogP contribution >= 0.6 is 0 Å². The van der Waals surface area contributed by atoms with Gasteiger partial charge >= 0.3 is 6.09 Å². The van der Waals surface area contributed by atoms with Gasteiger partial charge in [0.25, 0.3) is 11.4 Å². The van der Waals surface area contributed by atoms with Crippen LogP contribution in [-0.2, 0) is 4.74 Å². The second-order valence-corrected chi connectivity index (χ2v) is 9.41. The highest BCUT2D eigenvalue weighted by atomic mass is 16.6. The van der Waals surface area contributed by atoms with Crippen LogP contribution in [0.25, 0.3) is 28.5 Å². The number of amides is 1. The van der Waals surface area contributed by atoms with Gasteiger partial charge in [0.1, 0.15) is 16.8 Å². The Kier molecular flexibility index (Phi) is 5.43. The zero-order valence-electron chi connectivity index (χ0n) is 19.3. The summed E-state index contributed by atoms with van der Waals surface area (Å²) in [5, 5.41) is 8.58. The molecule has 3 aromatic heterocycles. The third-order valence-electron chi connectivity index (χ3n) is 5.79. The summed E-state index contributed by atoms with van der Waals surface area (Å²) in [7, 11) is 0. The first kappa shape index (κ1) is 21.9. The number of H-pyrrole nitrogens is 1. The van der Waals surface area contributed by atoms with Gasteiger partial charge in [0.15, 0.2) is 0 Å². The van der Waals surface area contributed by atoms with Crippen molar-refractivity contribution in [1.82, 2.24) is 29.6 Å². The molecule has 1 aliphatic heterocycles. The number of aromatic nitrogens is 5. The van der Waals surface area contributed by atoms with E-state index in [1.54, 1.807) is 21.7 Å². The van der Waals surface area contributed by atoms with Crippen molar-refractivity contribution in [1.29, 1.82) is 0 Å². The van der Waals surface area contributed by atoms with Gasteiger partial charge in [0.05, 0.1) is 11.9 Å². The molecule has 0 aliphatic carbocycles. The zero-order valence-corrected chi connectivity index (χ0v) is 19.3. The quantitative estimate of drug-likeness (QED) is 0.491. The summed E-state index contributed by atoms with van der Waals surface area (Å²) in [5.41, 5.74) is 1.91. The Morgan fingerprint density at radius 3 is 2.62 bits per heavy atom. The van der Waals surface area contributed by atoms with Crippen LogP contribution < -0.4 is 5.56 Å². The molecule has 0 bridgehead atoms. The first-order valence-electron chi connectivity index (χ1n) is 11.3. The summed E-state index contributed by atoms with van der Waals surface area (Å²) < 4.78 is 12.7. The minimum atomic E-state index is -0.534. The average molecular weight is 463 g/mol. The number of hydrogen-bond donors (Lipinski definition) is 1. The van der Waals surface area contributed by atoms with Crippen LogP contribution in [0.4, 0.5) is 4.79 Å². The molecule has 1 N–H and O–H groups in total. The molecule has 1 amide bonds. The molecule has 4 heterocycles. The number of nitrogens with zero attached hydrogens (tertiary/aromatic N) is 5. The predicted molar refractivity (Wildman–Crippen MR) is 124 cm³/mol. The summed E-state index contributed by atoms with van der Waals surface area (Å²) in [6, 6.07) is 11.1. The number of carbonyl (C=O) groups excluding carboxylic acids is 1. The van der Waals surface area contributed by atoms with E-state index in [1.807, 2.05) is 51.1 Å². The number of rotatable bonds is 3. The molecule has 0 atom stereocenters. The summed E-state index contributed by atoms with van der Waals surface area (Å²) in [4.78, 5) is 34.0. The third kappa shape index (κ3) is 4.30. The molecule has 1 fully saturated rings. The first-order valence-corrected chi connectivity index (χ1v) is 11.3. The van der Waals surface area contributed by atoms with E-state index in [4.69, 9.17) is 9.26 Å². The lowest BCUT2D eigenvalue weighted by molar-refractivity contribution is 0.0203. The van der Waals surface area contributed by atoms with Gasteiger partial charge in [0, 0.05) is 30.6 Å². The second-order valence-electron chi connectivity index (χ2n) is 9.41. The third-order valence-corrected chi connectivity index (χ3v) is 5.79. The van der Waals surface area contributed by atoms with Crippen molar-refractivity contribution in [3.05, 3.63) is 58.6 Å². The van der Waals surface area contributed by atoms with E-state index in [0.717, 1.165) is 11.3 Å². The summed E-state index contributed by atoms with van der Waals surface area (Å²) in [6.45, 7) is 6.66. The molecule has 10 nitrogen and oxygen atoms in total. The van der Waals surface area contributed by atoms with Crippen molar-refractivity contribution in [3.63, 3.8) is 0 Å². The van der Waals surface area contributed by atoms with Gasteiger partial charge in [-0.2, -0.15) is 10.1 Å². The minimum Gasteiger partial charge on any atom is -0.444 e. The van der Waals surface area contributed by atoms with E-state index in [-0.39, 0.29) is 23.5 Å². The largest absolute Gasteiger partial charge is 0.444 e. The predicted octanol–water partition coefficient (Wildman–Crippen LogP) is 3.85. The molecular weight excluding hydrogens is 436 g/mol. The number of fused-ring (bicyclic) bond motifs is 1. The monoisotopic (exact) mass is 462 g/mol. The number of piperidine rings is 1. The SMILES string of the molecule is CC(C)(C)OC(=O)N1CCC(c2cc(=O)[nH]c3c(-c4nc(-c5ccccc5)no4)cnn23)CC1. The van der Waals surface area contributed by atoms with Crippen LogP contribution in [0.5, 0.6) is 0 Å². The molecule has 10 heteroatoms. The van der Waals surface area contributed by atoms with Crippen molar-refractivity contribution in [2.45, 2.75) is 45.1 Å². The van der Waals surface area contributed by atoms with Crippen LogP contribution in [0.2, 0.25) is 0 Å². The van der Waals surface area contributed by atoms with Gasteiger partial charge in [-0.25, -0.2) is 9.31 Å². The molecule has 0 unspecified atom stereocenters. The Hall–Kier alpha value is -3.95. The molecule has 1 aliphatic rings. The molecule has 0 radical (unpaired) electrons. The van der Waals surface area contributed by atoms with E-state index < -0.39 is 5.60 Å². The maximum absolute atomic E-state index is 12.5. The van der Waals surface area contributed by atoms with Crippen molar-refractivity contribution < 1.29 is 14.1 Å². The van der Waals surface area contributed by atoms with E-state index in [1.165, 1.54) is 0 Å². The Balaban J connectivity index is 1.40. The van der Waals surface area contributed by atoms with Gasteiger partial charge in [-0.1, -0.05) is 35.5 Å². The topological polar surface area (TPSA) is 119 Å². The van der Waals surface area contributed by atoms with Crippen LogP contribution in [-0.4, -0.2) is 54.4 Å². The van der Waals surface area contributed by atoms with E-state index in [0.29, 0.717) is 43.0 Å². The minimum absolute atomic E-state index is 0.0683. The molecular formula is C24H26N6O4. The number of nitrogens with one attached hydrogen (secondary N) is 1. The maximum atomic E-state index is 12.5. The fraction of sp³-hybridized carbons (Fsp3) is 0.375. The highest BCUT2D eigenvalue weighted by molar-refractivity contribution is 5.72. The average Bonchev–Trinajstić information content (AvgIpc) is 3.45. The lowest BCUT2D eigenvalue weighted by Crippen LogP contribution is -2.41. The van der Waals surface area contributed by atoms with Crippen molar-refractivity contribution in [2.75, 3.05) is 13.1 Å². The number of ether oxygens (including phenoxy) is 1. The molecule has 176 valence electrons. The molecule has 0 spiro atoms. The normalized spacial score (nSPS) is 15.1. The summed E-state index contributed by atoms with van der Waals surface area (Å²) >= 11 is 0. The lowest BCUT2D eigenvalue weighted by atomic mass is 9.93. The van der Waals surface area contributed by atoms with Crippen LogP contribution in [0.15, 0.2) is 51.9 Å². The number of aromatic amines is 1. The fourth-order valence-corrected chi connectivity index (χ4v) is 4.18. The highest BCUT2D eigenvalue weighted by Crippen LogP contribution is 2.30. The van der Waals surface area contributed by atoms with Crippen LogP contribution in [0, 0.1) is 0 Å². The zero-order chi connectivity index (χ0) is 23.9. The lowest BCUT2D eigenvalue weighted by Gasteiger charge is -2.33. The Morgan fingerprint density at radius 2 is 1.91 bits per heavy atom. The fourth-order valence-electron chi connectivity index (χ4n) is 4.18. The molecule has 1 aromatic carbocycles. The first-order chi connectivity index (χ1) is 16.3. The smallest absolute Gasteiger partial charge is 0.410 e. The van der Waals surface area contributed by atoms with Gasteiger partial charge in [-0.05, 0) is 33.6 Å². The maximum Gasteiger partial charge on any atom is 0.410 e. The van der Waals surface area contributed by atoms with E-state index in [2.05, 4.69) is 20.2 Å². The standard InChI is InChI=1S/C24H26N6O4/c1-24(2,3)33-23(32)29-11-9-15(10-12-29)18-13-19(31)26-21-17(14-25-30(18)21)22-27-20(28-34-22)16-7-5-4-6-8-16/h4-8,13-15H,9-12H2,1-3H3,(H,26,31). The van der Waals surface area contributed by atoms with Crippen LogP contribution in [0.3, 0.4) is 0 Å².